The number of hydrogen-bond donors (Lipinski definition) is 1. The maximum atomic E-state index is 13.1. The molecule has 12 nitrogen and oxygen atoms in total. The molecule has 1 aliphatic heterocycles. The Morgan fingerprint density at radius 3 is 2.50 bits per heavy atom. The summed E-state index contributed by atoms with van der Waals surface area (Å²) in [4.78, 5) is 38.5. The van der Waals surface area contributed by atoms with Crippen LogP contribution < -0.4 is 15.1 Å². The molecular weight excluding hydrogens is 482 g/mol. The van der Waals surface area contributed by atoms with Gasteiger partial charge in [0.15, 0.2) is 26.3 Å². The van der Waals surface area contributed by atoms with E-state index >= 15 is 0 Å². The van der Waals surface area contributed by atoms with Crippen molar-refractivity contribution in [3.8, 4) is 0 Å². The SMILES string of the molecule is CCc1cnc(N2CCN(c3cnc4c(Nc5ccc(S(C)(=O)=O)nc5C)nccn34)C(=O)C2)nc1. The Labute approximate surface area is 208 Å². The molecule has 0 spiro atoms. The van der Waals surface area contributed by atoms with Gasteiger partial charge in [0.25, 0.3) is 0 Å². The third-order valence-electron chi connectivity index (χ3n) is 5.98. The van der Waals surface area contributed by atoms with Crippen molar-refractivity contribution in [2.45, 2.75) is 25.3 Å². The number of anilines is 4. The van der Waals surface area contributed by atoms with Gasteiger partial charge in [0.05, 0.1) is 17.6 Å². The number of amides is 1. The molecular formula is C23H25N9O3S. The van der Waals surface area contributed by atoms with Gasteiger partial charge in [0.2, 0.25) is 11.9 Å². The molecule has 5 heterocycles. The van der Waals surface area contributed by atoms with E-state index in [1.807, 2.05) is 11.8 Å². The molecule has 0 bridgehead atoms. The lowest BCUT2D eigenvalue weighted by Gasteiger charge is -2.33. The fourth-order valence-electron chi connectivity index (χ4n) is 3.98. The van der Waals surface area contributed by atoms with Gasteiger partial charge in [-0.25, -0.2) is 33.3 Å². The van der Waals surface area contributed by atoms with E-state index in [0.29, 0.717) is 47.7 Å². The maximum Gasteiger partial charge on any atom is 0.247 e. The highest BCUT2D eigenvalue weighted by Gasteiger charge is 2.29. The van der Waals surface area contributed by atoms with Crippen molar-refractivity contribution in [3.05, 3.63) is 54.4 Å². The van der Waals surface area contributed by atoms with Crippen LogP contribution in [-0.4, -0.2) is 69.5 Å². The molecule has 0 aliphatic carbocycles. The van der Waals surface area contributed by atoms with Crippen molar-refractivity contribution < 1.29 is 13.2 Å². The van der Waals surface area contributed by atoms with Gasteiger partial charge in [-0.15, -0.1) is 0 Å². The zero-order valence-corrected chi connectivity index (χ0v) is 20.9. The van der Waals surface area contributed by atoms with E-state index in [2.05, 4.69) is 30.2 Å². The predicted octanol–water partition coefficient (Wildman–Crippen LogP) is 1.79. The minimum absolute atomic E-state index is 0.00387. The van der Waals surface area contributed by atoms with E-state index in [1.165, 1.54) is 6.07 Å². The lowest BCUT2D eigenvalue weighted by atomic mass is 10.3. The molecule has 1 fully saturated rings. The minimum Gasteiger partial charge on any atom is -0.336 e. The Balaban J connectivity index is 1.38. The van der Waals surface area contributed by atoms with Crippen LogP contribution in [0, 0.1) is 6.92 Å². The number of sulfone groups is 1. The molecule has 4 aromatic rings. The number of rotatable bonds is 6. The first-order valence-corrected chi connectivity index (χ1v) is 13.3. The average Bonchev–Trinajstić information content (AvgIpc) is 3.29. The molecule has 1 N–H and O–H groups in total. The quantitative estimate of drug-likeness (QED) is 0.411. The molecule has 5 rings (SSSR count). The molecule has 0 unspecified atom stereocenters. The normalized spacial score (nSPS) is 14.5. The van der Waals surface area contributed by atoms with E-state index in [4.69, 9.17) is 0 Å². The van der Waals surface area contributed by atoms with Gasteiger partial charge in [-0.2, -0.15) is 0 Å². The number of nitrogens with zero attached hydrogens (tertiary/aromatic N) is 8. The second kappa shape index (κ2) is 9.15. The number of aryl methyl sites for hydroxylation is 2. The molecule has 1 saturated heterocycles. The summed E-state index contributed by atoms with van der Waals surface area (Å²) < 4.78 is 25.4. The number of pyridine rings is 1. The Bertz CT molecular complexity index is 1550. The molecule has 13 heteroatoms. The summed E-state index contributed by atoms with van der Waals surface area (Å²) in [6.07, 6.45) is 10.5. The first kappa shape index (κ1) is 23.6. The number of imidazole rings is 1. The highest BCUT2D eigenvalue weighted by molar-refractivity contribution is 7.90. The molecule has 0 radical (unpaired) electrons. The fourth-order valence-corrected chi connectivity index (χ4v) is 4.60. The average molecular weight is 508 g/mol. The van der Waals surface area contributed by atoms with Crippen LogP contribution in [0.25, 0.3) is 5.65 Å². The molecule has 36 heavy (non-hydrogen) atoms. The van der Waals surface area contributed by atoms with Gasteiger partial charge in [-0.1, -0.05) is 6.92 Å². The maximum absolute atomic E-state index is 13.1. The number of hydrogen-bond acceptors (Lipinski definition) is 10. The molecule has 0 aromatic carbocycles. The third kappa shape index (κ3) is 4.44. The second-order valence-corrected chi connectivity index (χ2v) is 10.4. The molecule has 1 amide bonds. The summed E-state index contributed by atoms with van der Waals surface area (Å²) in [5.74, 6) is 1.54. The number of piperazine rings is 1. The van der Waals surface area contributed by atoms with Crippen molar-refractivity contribution in [2.75, 3.05) is 41.0 Å². The minimum atomic E-state index is -3.41. The van der Waals surface area contributed by atoms with E-state index in [9.17, 15) is 13.2 Å². The first-order valence-electron chi connectivity index (χ1n) is 11.4. The van der Waals surface area contributed by atoms with Crippen LogP contribution in [-0.2, 0) is 21.1 Å². The summed E-state index contributed by atoms with van der Waals surface area (Å²) in [6, 6.07) is 3.09. The van der Waals surface area contributed by atoms with Crippen molar-refractivity contribution in [1.82, 2.24) is 29.3 Å². The zero-order valence-electron chi connectivity index (χ0n) is 20.1. The summed E-state index contributed by atoms with van der Waals surface area (Å²) in [5.41, 5.74) is 2.68. The van der Waals surface area contributed by atoms with Gasteiger partial charge < -0.3 is 10.2 Å². The summed E-state index contributed by atoms with van der Waals surface area (Å²) in [5, 5.41) is 3.18. The zero-order chi connectivity index (χ0) is 25.4. The monoisotopic (exact) mass is 507 g/mol. The second-order valence-electron chi connectivity index (χ2n) is 8.48. The lowest BCUT2D eigenvalue weighted by molar-refractivity contribution is -0.118. The largest absolute Gasteiger partial charge is 0.336 e. The fraction of sp³-hybridized carbons (Fsp3) is 0.304. The molecule has 0 atom stereocenters. The Morgan fingerprint density at radius 1 is 1.06 bits per heavy atom. The van der Waals surface area contributed by atoms with Crippen LogP contribution >= 0.6 is 0 Å². The third-order valence-corrected chi connectivity index (χ3v) is 6.97. The van der Waals surface area contributed by atoms with E-state index in [-0.39, 0.29) is 17.5 Å². The summed E-state index contributed by atoms with van der Waals surface area (Å²) in [7, 11) is -3.41. The van der Waals surface area contributed by atoms with Crippen LogP contribution in [0.3, 0.4) is 0 Å². The van der Waals surface area contributed by atoms with Crippen LogP contribution in [0.5, 0.6) is 0 Å². The van der Waals surface area contributed by atoms with Gasteiger partial charge in [-0.3, -0.25) is 14.1 Å². The van der Waals surface area contributed by atoms with Crippen molar-refractivity contribution in [3.63, 3.8) is 0 Å². The van der Waals surface area contributed by atoms with Gasteiger partial charge in [-0.05, 0) is 31.0 Å². The molecule has 0 saturated carbocycles. The number of nitrogens with one attached hydrogen (secondary N) is 1. The predicted molar refractivity (Wildman–Crippen MR) is 134 cm³/mol. The standard InChI is InChI=1S/C23H25N9O3S/c1-4-16-11-26-23(27-12-16)30-9-10-31(20(33)14-30)19-13-25-22-21(24-7-8-32(19)22)29-17-5-6-18(28-15(17)2)36(3,34)35/h5-8,11-13H,4,9-10,14H2,1-3H3,(H,24,29). The van der Waals surface area contributed by atoms with E-state index in [0.717, 1.165) is 18.2 Å². The molecule has 186 valence electrons. The van der Waals surface area contributed by atoms with Gasteiger partial charge >= 0.3 is 0 Å². The van der Waals surface area contributed by atoms with Crippen LogP contribution in [0.2, 0.25) is 0 Å². The smallest absolute Gasteiger partial charge is 0.247 e. The van der Waals surface area contributed by atoms with Crippen molar-refractivity contribution in [1.29, 1.82) is 0 Å². The first-order chi connectivity index (χ1) is 17.2. The number of carbonyl (C=O) groups excluding carboxylic acids is 1. The molecule has 4 aromatic heterocycles. The van der Waals surface area contributed by atoms with Crippen LogP contribution in [0.4, 0.5) is 23.3 Å². The molecule has 1 aliphatic rings. The Morgan fingerprint density at radius 2 is 1.83 bits per heavy atom. The topological polar surface area (TPSA) is 139 Å². The van der Waals surface area contributed by atoms with E-state index in [1.54, 1.807) is 53.3 Å². The lowest BCUT2D eigenvalue weighted by Crippen LogP contribution is -2.51. The van der Waals surface area contributed by atoms with Crippen LogP contribution in [0.1, 0.15) is 18.2 Å². The Kier molecular flexibility index (Phi) is 6.00. The number of aromatic nitrogens is 6. The van der Waals surface area contributed by atoms with Gasteiger partial charge in [0, 0.05) is 44.1 Å². The highest BCUT2D eigenvalue weighted by atomic mass is 32.2. The number of fused-ring (bicyclic) bond motifs is 1. The van der Waals surface area contributed by atoms with Crippen molar-refractivity contribution >= 4 is 44.7 Å². The summed E-state index contributed by atoms with van der Waals surface area (Å²) in [6.45, 7) is 4.95. The summed E-state index contributed by atoms with van der Waals surface area (Å²) >= 11 is 0. The highest BCUT2D eigenvalue weighted by Crippen LogP contribution is 2.26. The van der Waals surface area contributed by atoms with Crippen molar-refractivity contribution in [2.24, 2.45) is 0 Å². The Hall–Kier alpha value is -4.13. The van der Waals surface area contributed by atoms with Gasteiger partial charge in [0.1, 0.15) is 12.4 Å². The van der Waals surface area contributed by atoms with E-state index < -0.39 is 9.84 Å². The van der Waals surface area contributed by atoms with Crippen LogP contribution in [0.15, 0.2) is 48.1 Å². The number of carbonyl (C=O) groups is 1.